The number of hydrogen-bond donors (Lipinski definition) is 2. The predicted molar refractivity (Wildman–Crippen MR) is 62.3 cm³/mol. The molecule has 5 nitrogen and oxygen atoms in total. The number of rotatable bonds is 3. The van der Waals surface area contributed by atoms with Gasteiger partial charge in [0, 0.05) is 5.69 Å². The quantitative estimate of drug-likeness (QED) is 0.849. The molecule has 0 aliphatic rings. The minimum Gasteiger partial charge on any atom is -0.480 e. The first-order chi connectivity index (χ1) is 8.11. The summed E-state index contributed by atoms with van der Waals surface area (Å²) in [5.74, 6) is -0.774. The molecule has 88 valence electrons. The number of hydrogen-bond acceptors (Lipinski definition) is 3. The van der Waals surface area contributed by atoms with Gasteiger partial charge in [0.05, 0.1) is 18.4 Å². The number of H-pyrrole nitrogens is 1. The summed E-state index contributed by atoms with van der Waals surface area (Å²) in [6.07, 6.45) is 0. The number of aromatic amines is 1. The van der Waals surface area contributed by atoms with E-state index in [0.717, 1.165) is 17.0 Å². The third-order valence-electron chi connectivity index (χ3n) is 2.39. The van der Waals surface area contributed by atoms with Gasteiger partial charge in [0.25, 0.3) is 0 Å². The van der Waals surface area contributed by atoms with Crippen molar-refractivity contribution < 1.29 is 14.6 Å². The summed E-state index contributed by atoms with van der Waals surface area (Å²) >= 11 is 0. The van der Waals surface area contributed by atoms with Gasteiger partial charge in [0.2, 0.25) is 5.88 Å². The van der Waals surface area contributed by atoms with Crippen LogP contribution in [0.2, 0.25) is 0 Å². The topological polar surface area (TPSA) is 75.2 Å². The van der Waals surface area contributed by atoms with Gasteiger partial charge >= 0.3 is 5.97 Å². The van der Waals surface area contributed by atoms with Crippen molar-refractivity contribution in [2.24, 2.45) is 0 Å². The monoisotopic (exact) mass is 232 g/mol. The molecule has 0 spiro atoms. The van der Waals surface area contributed by atoms with Gasteiger partial charge in [-0.25, -0.2) is 9.78 Å². The first-order valence-electron chi connectivity index (χ1n) is 5.06. The molecule has 0 saturated heterocycles. The fraction of sp³-hybridized carbons (Fsp3) is 0.167. The summed E-state index contributed by atoms with van der Waals surface area (Å²) in [7, 11) is 1.47. The maximum absolute atomic E-state index is 10.8. The fourth-order valence-corrected chi connectivity index (χ4v) is 1.58. The van der Waals surface area contributed by atoms with Crippen LogP contribution in [0.4, 0.5) is 0 Å². The van der Waals surface area contributed by atoms with Crippen molar-refractivity contribution in [2.45, 2.75) is 6.92 Å². The molecule has 0 fully saturated rings. The van der Waals surface area contributed by atoms with Crippen molar-refractivity contribution in [3.8, 4) is 17.1 Å². The van der Waals surface area contributed by atoms with Gasteiger partial charge in [0.15, 0.2) is 5.69 Å². The van der Waals surface area contributed by atoms with Gasteiger partial charge in [-0.05, 0) is 31.2 Å². The van der Waals surface area contributed by atoms with Crippen molar-refractivity contribution in [2.75, 3.05) is 7.11 Å². The lowest BCUT2D eigenvalue weighted by molar-refractivity contribution is 0.0689. The van der Waals surface area contributed by atoms with E-state index in [9.17, 15) is 4.79 Å². The number of methoxy groups -OCH3 is 1. The lowest BCUT2D eigenvalue weighted by Gasteiger charge is -2.06. The Morgan fingerprint density at radius 1 is 1.35 bits per heavy atom. The molecule has 0 bridgehead atoms. The van der Waals surface area contributed by atoms with Crippen molar-refractivity contribution in [3.05, 3.63) is 35.7 Å². The third-order valence-corrected chi connectivity index (χ3v) is 2.39. The van der Waals surface area contributed by atoms with Crippen LogP contribution in [0.5, 0.6) is 5.88 Å². The Bertz CT molecular complexity index is 561. The van der Waals surface area contributed by atoms with Crippen molar-refractivity contribution >= 4 is 5.97 Å². The van der Waals surface area contributed by atoms with E-state index in [0.29, 0.717) is 5.88 Å². The number of nitrogens with one attached hydrogen (secondary N) is 1. The van der Waals surface area contributed by atoms with Crippen LogP contribution >= 0.6 is 0 Å². The van der Waals surface area contributed by atoms with Crippen molar-refractivity contribution in [1.29, 1.82) is 0 Å². The van der Waals surface area contributed by atoms with Crippen molar-refractivity contribution in [3.63, 3.8) is 0 Å². The summed E-state index contributed by atoms with van der Waals surface area (Å²) in [4.78, 5) is 17.9. The summed E-state index contributed by atoms with van der Waals surface area (Å²) in [6, 6.07) is 6.96. The zero-order valence-electron chi connectivity index (χ0n) is 9.52. The smallest absolute Gasteiger partial charge is 0.354 e. The van der Waals surface area contributed by atoms with Crippen LogP contribution in [0.25, 0.3) is 11.3 Å². The zero-order chi connectivity index (χ0) is 12.4. The van der Waals surface area contributed by atoms with Crippen LogP contribution in [0.15, 0.2) is 24.3 Å². The summed E-state index contributed by atoms with van der Waals surface area (Å²) in [5.41, 5.74) is 2.58. The zero-order valence-corrected chi connectivity index (χ0v) is 9.52. The van der Waals surface area contributed by atoms with Gasteiger partial charge in [-0.3, -0.25) is 0 Å². The first-order valence-corrected chi connectivity index (χ1v) is 5.06. The number of carboxylic acid groups (broad SMARTS) is 1. The van der Waals surface area contributed by atoms with Crippen molar-refractivity contribution in [1.82, 2.24) is 9.97 Å². The number of ether oxygens (including phenoxy) is 1. The van der Waals surface area contributed by atoms with Gasteiger partial charge in [-0.15, -0.1) is 0 Å². The maximum Gasteiger partial charge on any atom is 0.354 e. The molecule has 0 aromatic carbocycles. The second-order valence-corrected chi connectivity index (χ2v) is 3.61. The fourth-order valence-electron chi connectivity index (χ4n) is 1.58. The second-order valence-electron chi connectivity index (χ2n) is 3.61. The lowest BCUT2D eigenvalue weighted by Crippen LogP contribution is -2.02. The molecule has 2 heterocycles. The van der Waals surface area contributed by atoms with Gasteiger partial charge in [0.1, 0.15) is 0 Å². The lowest BCUT2D eigenvalue weighted by atomic mass is 10.2. The molecule has 0 unspecified atom stereocenters. The highest BCUT2D eigenvalue weighted by atomic mass is 16.5. The van der Waals surface area contributed by atoms with E-state index in [4.69, 9.17) is 9.84 Å². The van der Waals surface area contributed by atoms with Gasteiger partial charge in [-0.1, -0.05) is 0 Å². The van der Waals surface area contributed by atoms with Gasteiger partial charge in [-0.2, -0.15) is 0 Å². The predicted octanol–water partition coefficient (Wildman–Crippen LogP) is 2.09. The largest absolute Gasteiger partial charge is 0.480 e. The Balaban J connectivity index is 2.51. The summed E-state index contributed by atoms with van der Waals surface area (Å²) in [5, 5.41) is 8.84. The van der Waals surface area contributed by atoms with Crippen LogP contribution < -0.4 is 4.74 Å². The van der Waals surface area contributed by atoms with Crippen LogP contribution in [0.3, 0.4) is 0 Å². The van der Waals surface area contributed by atoms with E-state index in [2.05, 4.69) is 9.97 Å². The van der Waals surface area contributed by atoms with Gasteiger partial charge < -0.3 is 14.8 Å². The van der Waals surface area contributed by atoms with E-state index in [1.807, 2.05) is 19.1 Å². The highest BCUT2D eigenvalue weighted by molar-refractivity contribution is 5.86. The molecule has 0 aliphatic carbocycles. The van der Waals surface area contributed by atoms with E-state index >= 15 is 0 Å². The van der Waals surface area contributed by atoms with Crippen LogP contribution in [-0.2, 0) is 0 Å². The Hall–Kier alpha value is -2.30. The Kier molecular flexibility index (Phi) is 2.82. The van der Waals surface area contributed by atoms with Crippen LogP contribution in [0.1, 0.15) is 16.2 Å². The normalized spacial score (nSPS) is 10.2. The highest BCUT2D eigenvalue weighted by Gasteiger charge is 2.12. The Morgan fingerprint density at radius 3 is 2.65 bits per heavy atom. The third kappa shape index (κ3) is 2.13. The number of aromatic carboxylic acids is 1. The molecule has 2 aromatic rings. The minimum absolute atomic E-state index is 0.0334. The summed E-state index contributed by atoms with van der Waals surface area (Å²) in [6.45, 7) is 1.94. The Labute approximate surface area is 98.1 Å². The average Bonchev–Trinajstić information content (AvgIpc) is 2.74. The van der Waals surface area contributed by atoms with Crippen LogP contribution in [0, 0.1) is 6.92 Å². The molecule has 0 aliphatic heterocycles. The van der Waals surface area contributed by atoms with Crippen LogP contribution in [-0.4, -0.2) is 28.2 Å². The number of carbonyl (C=O) groups is 1. The average molecular weight is 232 g/mol. The first kappa shape index (κ1) is 11.2. The number of carboxylic acids is 1. The second kappa shape index (κ2) is 4.29. The maximum atomic E-state index is 10.8. The highest BCUT2D eigenvalue weighted by Crippen LogP contribution is 2.27. The molecule has 2 N–H and O–H groups in total. The van der Waals surface area contributed by atoms with E-state index in [1.54, 1.807) is 6.07 Å². The van der Waals surface area contributed by atoms with E-state index < -0.39 is 5.97 Å². The SMILES string of the molecule is COc1nc(C(=O)O)ccc1-c1ccc(C)[nH]1. The summed E-state index contributed by atoms with van der Waals surface area (Å²) < 4.78 is 5.11. The molecule has 17 heavy (non-hydrogen) atoms. The molecule has 2 rings (SSSR count). The number of aryl methyl sites for hydroxylation is 1. The minimum atomic E-state index is -1.07. The molecule has 2 aromatic heterocycles. The number of pyridine rings is 1. The Morgan fingerprint density at radius 2 is 2.12 bits per heavy atom. The molecular formula is C12H12N2O3. The molecular weight excluding hydrogens is 220 g/mol. The number of aromatic nitrogens is 2. The standard InChI is InChI=1S/C12H12N2O3/c1-7-3-5-9(13-7)8-4-6-10(12(15)16)14-11(8)17-2/h3-6,13H,1-2H3,(H,15,16). The van der Waals surface area contributed by atoms with E-state index in [-0.39, 0.29) is 5.69 Å². The molecule has 0 atom stereocenters. The number of nitrogens with zero attached hydrogens (tertiary/aromatic N) is 1. The molecule has 5 heteroatoms. The van der Waals surface area contributed by atoms with E-state index in [1.165, 1.54) is 13.2 Å². The molecule has 0 amide bonds. The molecule has 0 saturated carbocycles. The molecule has 0 radical (unpaired) electrons.